The van der Waals surface area contributed by atoms with Crippen molar-refractivity contribution < 1.29 is 0 Å². The second-order valence-corrected chi connectivity index (χ2v) is 5.29. The van der Waals surface area contributed by atoms with Gasteiger partial charge in [0, 0.05) is 17.8 Å². The summed E-state index contributed by atoms with van der Waals surface area (Å²) >= 11 is 0. The van der Waals surface area contributed by atoms with Crippen LogP contribution in [0.3, 0.4) is 0 Å². The van der Waals surface area contributed by atoms with Crippen molar-refractivity contribution in [1.82, 2.24) is 15.1 Å². The number of rotatable bonds is 6. The third-order valence-electron chi connectivity index (χ3n) is 2.81. The topological polar surface area (TPSA) is 29.9 Å². The first-order chi connectivity index (χ1) is 7.91. The molecule has 0 aliphatic rings. The van der Waals surface area contributed by atoms with Gasteiger partial charge in [-0.25, -0.2) is 0 Å². The van der Waals surface area contributed by atoms with Gasteiger partial charge in [-0.2, -0.15) is 5.10 Å². The highest BCUT2D eigenvalue weighted by molar-refractivity contribution is 5.24. The van der Waals surface area contributed by atoms with Crippen LogP contribution in [0.5, 0.6) is 0 Å². The lowest BCUT2D eigenvalue weighted by Crippen LogP contribution is -2.19. The summed E-state index contributed by atoms with van der Waals surface area (Å²) in [5, 5.41) is 8.04. The van der Waals surface area contributed by atoms with E-state index >= 15 is 0 Å². The molecular weight excluding hydrogens is 210 g/mol. The summed E-state index contributed by atoms with van der Waals surface area (Å²) in [5.74, 6) is 0.682. The number of nitrogens with one attached hydrogen (secondary N) is 1. The smallest absolute Gasteiger partial charge is 0.0641 e. The van der Waals surface area contributed by atoms with Gasteiger partial charge in [0.2, 0.25) is 0 Å². The predicted molar refractivity (Wildman–Crippen MR) is 73.1 cm³/mol. The van der Waals surface area contributed by atoms with Crippen LogP contribution in [0, 0.1) is 19.8 Å². The Kier molecular flexibility index (Phi) is 4.94. The molecule has 1 aromatic rings. The van der Waals surface area contributed by atoms with E-state index in [0.29, 0.717) is 5.92 Å². The van der Waals surface area contributed by atoms with E-state index in [4.69, 9.17) is 0 Å². The number of nitrogens with zero attached hydrogens (tertiary/aromatic N) is 2. The highest BCUT2D eigenvalue weighted by Gasteiger charge is 2.10. The summed E-state index contributed by atoms with van der Waals surface area (Å²) in [6, 6.07) is 0. The van der Waals surface area contributed by atoms with E-state index in [1.54, 1.807) is 0 Å². The molecule has 1 aromatic heterocycles. The minimum absolute atomic E-state index is 0.682. The molecule has 0 atom stereocenters. The normalized spacial score (nSPS) is 11.2. The van der Waals surface area contributed by atoms with E-state index in [1.165, 1.54) is 11.3 Å². The number of allylic oxidation sites excluding steroid dienone is 1. The predicted octanol–water partition coefficient (Wildman–Crippen LogP) is 2.82. The van der Waals surface area contributed by atoms with Gasteiger partial charge in [-0.15, -0.1) is 0 Å². The van der Waals surface area contributed by atoms with Crippen LogP contribution in [-0.2, 0) is 13.1 Å². The monoisotopic (exact) mass is 235 g/mol. The molecule has 17 heavy (non-hydrogen) atoms. The Morgan fingerprint density at radius 1 is 1.41 bits per heavy atom. The van der Waals surface area contributed by atoms with Crippen LogP contribution in [0.2, 0.25) is 0 Å². The standard InChI is InChI=1S/C14H25N3/c1-10(2)7-15-8-14-12(5)16-17(13(14)6)9-11(3)4/h10,15H,3,7-9H2,1-2,4-6H3. The van der Waals surface area contributed by atoms with Crippen molar-refractivity contribution in [2.24, 2.45) is 5.92 Å². The number of hydrogen-bond donors (Lipinski definition) is 1. The van der Waals surface area contributed by atoms with Gasteiger partial charge in [-0.1, -0.05) is 26.0 Å². The molecular formula is C14H25N3. The summed E-state index contributed by atoms with van der Waals surface area (Å²) in [4.78, 5) is 0. The quantitative estimate of drug-likeness (QED) is 0.768. The molecule has 0 saturated heterocycles. The summed E-state index contributed by atoms with van der Waals surface area (Å²) in [6.07, 6.45) is 0. The Morgan fingerprint density at radius 3 is 2.59 bits per heavy atom. The SMILES string of the molecule is C=C(C)Cn1nc(C)c(CNCC(C)C)c1C. The molecule has 0 spiro atoms. The van der Waals surface area contributed by atoms with Crippen LogP contribution in [0.15, 0.2) is 12.2 Å². The van der Waals surface area contributed by atoms with Crippen LogP contribution in [-0.4, -0.2) is 16.3 Å². The first kappa shape index (κ1) is 14.0. The van der Waals surface area contributed by atoms with Crippen molar-refractivity contribution >= 4 is 0 Å². The molecule has 0 aliphatic heterocycles. The Bertz CT molecular complexity index is 388. The van der Waals surface area contributed by atoms with Crippen LogP contribution < -0.4 is 5.32 Å². The van der Waals surface area contributed by atoms with E-state index < -0.39 is 0 Å². The molecule has 1 rings (SSSR count). The summed E-state index contributed by atoms with van der Waals surface area (Å²) in [7, 11) is 0. The fourth-order valence-electron chi connectivity index (χ4n) is 1.89. The molecule has 0 aromatic carbocycles. The number of aryl methyl sites for hydroxylation is 1. The second-order valence-electron chi connectivity index (χ2n) is 5.29. The van der Waals surface area contributed by atoms with E-state index in [0.717, 1.165) is 30.9 Å². The number of hydrogen-bond acceptors (Lipinski definition) is 2. The van der Waals surface area contributed by atoms with E-state index in [9.17, 15) is 0 Å². The van der Waals surface area contributed by atoms with Crippen molar-refractivity contribution in [1.29, 1.82) is 0 Å². The molecule has 3 heteroatoms. The number of aromatic nitrogens is 2. The first-order valence-electron chi connectivity index (χ1n) is 6.29. The van der Waals surface area contributed by atoms with Crippen molar-refractivity contribution in [3.05, 3.63) is 29.1 Å². The molecule has 1 heterocycles. The highest BCUT2D eigenvalue weighted by atomic mass is 15.3. The lowest BCUT2D eigenvalue weighted by Gasteiger charge is -2.08. The van der Waals surface area contributed by atoms with Gasteiger partial charge in [0.15, 0.2) is 0 Å². The van der Waals surface area contributed by atoms with Crippen molar-refractivity contribution in [3.8, 4) is 0 Å². The maximum Gasteiger partial charge on any atom is 0.0641 e. The van der Waals surface area contributed by atoms with Crippen molar-refractivity contribution in [2.45, 2.75) is 47.7 Å². The lowest BCUT2D eigenvalue weighted by atomic mass is 10.1. The second kappa shape index (κ2) is 6.01. The first-order valence-corrected chi connectivity index (χ1v) is 6.29. The van der Waals surface area contributed by atoms with Crippen LogP contribution in [0.1, 0.15) is 37.7 Å². The molecule has 0 radical (unpaired) electrons. The Labute approximate surface area is 105 Å². The zero-order valence-electron chi connectivity index (χ0n) is 11.8. The average molecular weight is 235 g/mol. The van der Waals surface area contributed by atoms with Crippen molar-refractivity contribution in [2.75, 3.05) is 6.54 Å². The maximum atomic E-state index is 4.56. The highest BCUT2D eigenvalue weighted by Crippen LogP contribution is 2.14. The lowest BCUT2D eigenvalue weighted by molar-refractivity contribution is 0.550. The Morgan fingerprint density at radius 2 is 2.06 bits per heavy atom. The van der Waals surface area contributed by atoms with Gasteiger partial charge in [0.05, 0.1) is 12.2 Å². The Balaban J connectivity index is 2.71. The molecule has 0 bridgehead atoms. The zero-order chi connectivity index (χ0) is 13.0. The average Bonchev–Trinajstić information content (AvgIpc) is 2.44. The fourth-order valence-corrected chi connectivity index (χ4v) is 1.89. The minimum Gasteiger partial charge on any atom is -0.312 e. The Hall–Kier alpha value is -1.09. The van der Waals surface area contributed by atoms with E-state index in [2.05, 4.69) is 44.7 Å². The molecule has 3 nitrogen and oxygen atoms in total. The van der Waals surface area contributed by atoms with Crippen LogP contribution in [0.25, 0.3) is 0 Å². The van der Waals surface area contributed by atoms with Gasteiger partial charge >= 0.3 is 0 Å². The maximum absolute atomic E-state index is 4.56. The largest absolute Gasteiger partial charge is 0.312 e. The van der Waals surface area contributed by atoms with Gasteiger partial charge in [-0.05, 0) is 33.2 Å². The van der Waals surface area contributed by atoms with Crippen LogP contribution in [0.4, 0.5) is 0 Å². The third kappa shape index (κ3) is 4.00. The third-order valence-corrected chi connectivity index (χ3v) is 2.81. The minimum atomic E-state index is 0.682. The van der Waals surface area contributed by atoms with Gasteiger partial charge < -0.3 is 5.32 Å². The summed E-state index contributed by atoms with van der Waals surface area (Å²) < 4.78 is 2.05. The molecule has 96 valence electrons. The molecule has 0 fully saturated rings. The molecule has 1 N–H and O–H groups in total. The van der Waals surface area contributed by atoms with E-state index in [-0.39, 0.29) is 0 Å². The van der Waals surface area contributed by atoms with Crippen molar-refractivity contribution in [3.63, 3.8) is 0 Å². The fraction of sp³-hybridized carbons (Fsp3) is 0.643. The molecule has 0 saturated carbocycles. The summed E-state index contributed by atoms with van der Waals surface area (Å²) in [5.41, 5.74) is 4.84. The summed E-state index contributed by atoms with van der Waals surface area (Å²) in [6.45, 7) is 17.4. The van der Waals surface area contributed by atoms with E-state index in [1.807, 2.05) is 11.6 Å². The zero-order valence-corrected chi connectivity index (χ0v) is 11.8. The molecule has 0 unspecified atom stereocenters. The van der Waals surface area contributed by atoms with Gasteiger partial charge in [0.25, 0.3) is 0 Å². The molecule has 0 amide bonds. The van der Waals surface area contributed by atoms with Gasteiger partial charge in [0.1, 0.15) is 0 Å². The van der Waals surface area contributed by atoms with Gasteiger partial charge in [-0.3, -0.25) is 4.68 Å². The molecule has 0 aliphatic carbocycles. The van der Waals surface area contributed by atoms with Crippen LogP contribution >= 0.6 is 0 Å².